The first-order valence-electron chi connectivity index (χ1n) is 11.3. The Morgan fingerprint density at radius 1 is 1.12 bits per heavy atom. The second-order valence-electron chi connectivity index (χ2n) is 8.47. The van der Waals surface area contributed by atoms with E-state index < -0.39 is 0 Å². The summed E-state index contributed by atoms with van der Waals surface area (Å²) in [7, 11) is 2.13. The van der Waals surface area contributed by atoms with Gasteiger partial charge in [-0.05, 0) is 43.8 Å². The number of ether oxygens (including phenoxy) is 1. The zero-order chi connectivity index (χ0) is 22.6. The van der Waals surface area contributed by atoms with Crippen LogP contribution in [0.1, 0.15) is 18.5 Å². The number of imidazole rings is 1. The molecule has 0 bridgehead atoms. The molecule has 3 heterocycles. The van der Waals surface area contributed by atoms with Gasteiger partial charge in [0.05, 0.1) is 29.8 Å². The van der Waals surface area contributed by atoms with E-state index in [1.165, 1.54) is 5.56 Å². The lowest BCUT2D eigenvalue weighted by Gasteiger charge is -2.30. The van der Waals surface area contributed by atoms with Crippen LogP contribution in [0.4, 0.5) is 11.6 Å². The average molecular weight is 444 g/mol. The van der Waals surface area contributed by atoms with Crippen molar-refractivity contribution in [3.8, 4) is 5.82 Å². The van der Waals surface area contributed by atoms with Gasteiger partial charge in [-0.25, -0.2) is 9.97 Å². The lowest BCUT2D eigenvalue weighted by molar-refractivity contribution is -0.0117. The Kier molecular flexibility index (Phi) is 6.19. The summed E-state index contributed by atoms with van der Waals surface area (Å²) in [5.74, 6) is 1.36. The quantitative estimate of drug-likeness (QED) is 0.450. The first-order chi connectivity index (χ1) is 16.2. The number of nitrogens with one attached hydrogen (secondary N) is 2. The smallest absolute Gasteiger partial charge is 0.225 e. The summed E-state index contributed by atoms with van der Waals surface area (Å²) in [6.45, 7) is 5.59. The van der Waals surface area contributed by atoms with Crippen LogP contribution in [0.3, 0.4) is 0 Å². The fourth-order valence-electron chi connectivity index (χ4n) is 4.10. The molecule has 0 spiro atoms. The number of aromatic nitrogens is 4. The molecule has 1 unspecified atom stereocenters. The number of likely N-dealkylation sites (N-methyl/N-ethyl adjacent to an activating group) is 1. The van der Waals surface area contributed by atoms with Crippen molar-refractivity contribution in [3.63, 3.8) is 0 Å². The number of benzene rings is 2. The molecule has 33 heavy (non-hydrogen) atoms. The van der Waals surface area contributed by atoms with Crippen LogP contribution < -0.4 is 10.6 Å². The maximum absolute atomic E-state index is 5.84. The van der Waals surface area contributed by atoms with Gasteiger partial charge in [-0.3, -0.25) is 4.57 Å². The fraction of sp³-hybridized carbons (Fsp3) is 0.320. The average Bonchev–Trinajstić information content (AvgIpc) is 3.27. The van der Waals surface area contributed by atoms with E-state index in [4.69, 9.17) is 9.72 Å². The molecule has 0 aliphatic carbocycles. The van der Waals surface area contributed by atoms with Gasteiger partial charge in [-0.1, -0.05) is 30.3 Å². The molecule has 0 amide bonds. The van der Waals surface area contributed by atoms with Gasteiger partial charge in [0.15, 0.2) is 0 Å². The number of hydrogen-bond donors (Lipinski definition) is 2. The molecular formula is C25H29N7O. The van der Waals surface area contributed by atoms with Gasteiger partial charge in [0.2, 0.25) is 5.95 Å². The van der Waals surface area contributed by atoms with E-state index in [-0.39, 0.29) is 12.1 Å². The normalized spacial score (nSPS) is 17.7. The molecule has 0 saturated carbocycles. The Hall–Kier alpha value is -3.49. The van der Waals surface area contributed by atoms with Gasteiger partial charge < -0.3 is 20.3 Å². The minimum atomic E-state index is 0.0996. The predicted octanol–water partition coefficient (Wildman–Crippen LogP) is 3.73. The molecule has 2 aromatic heterocycles. The molecule has 2 aromatic carbocycles. The van der Waals surface area contributed by atoms with E-state index in [2.05, 4.69) is 69.8 Å². The Bertz CT molecular complexity index is 1210. The molecule has 1 aliphatic rings. The van der Waals surface area contributed by atoms with Crippen LogP contribution in [-0.2, 0) is 4.74 Å². The van der Waals surface area contributed by atoms with Crippen LogP contribution >= 0.6 is 0 Å². The molecular weight excluding hydrogens is 414 g/mol. The van der Waals surface area contributed by atoms with Crippen LogP contribution in [-0.4, -0.2) is 63.8 Å². The highest BCUT2D eigenvalue weighted by molar-refractivity contribution is 5.81. The van der Waals surface area contributed by atoms with E-state index >= 15 is 0 Å². The molecule has 8 heteroatoms. The van der Waals surface area contributed by atoms with E-state index in [0.29, 0.717) is 5.95 Å². The van der Waals surface area contributed by atoms with Crippen molar-refractivity contribution in [2.24, 2.45) is 0 Å². The highest BCUT2D eigenvalue weighted by atomic mass is 16.5. The summed E-state index contributed by atoms with van der Waals surface area (Å²) in [4.78, 5) is 16.0. The van der Waals surface area contributed by atoms with E-state index in [1.807, 2.05) is 28.8 Å². The second-order valence-corrected chi connectivity index (χ2v) is 8.47. The topological polar surface area (TPSA) is 80.1 Å². The summed E-state index contributed by atoms with van der Waals surface area (Å²) in [6, 6.07) is 18.5. The van der Waals surface area contributed by atoms with Crippen LogP contribution in [0.5, 0.6) is 0 Å². The molecule has 170 valence electrons. The van der Waals surface area contributed by atoms with Crippen LogP contribution in [0.2, 0.25) is 0 Å². The highest BCUT2D eigenvalue weighted by Gasteiger charge is 2.17. The third-order valence-electron chi connectivity index (χ3n) is 5.96. The SMILES string of the molecule is C[C@H](Nc1nccc(-n2cnc3cc(NCC4CN(C)CCO4)ccc32)n1)c1ccccc1. The maximum Gasteiger partial charge on any atom is 0.225 e. The number of rotatable bonds is 7. The number of nitrogens with zero attached hydrogens (tertiary/aromatic N) is 5. The van der Waals surface area contributed by atoms with Crippen molar-refractivity contribution in [2.75, 3.05) is 43.9 Å². The summed E-state index contributed by atoms with van der Waals surface area (Å²) in [5, 5.41) is 6.87. The first-order valence-corrected chi connectivity index (χ1v) is 11.3. The van der Waals surface area contributed by atoms with E-state index in [9.17, 15) is 0 Å². The highest BCUT2D eigenvalue weighted by Crippen LogP contribution is 2.22. The summed E-state index contributed by atoms with van der Waals surface area (Å²) in [5.41, 5.74) is 4.12. The number of anilines is 2. The Balaban J connectivity index is 1.30. The molecule has 0 radical (unpaired) electrons. The Morgan fingerprint density at radius 2 is 2.00 bits per heavy atom. The fourth-order valence-corrected chi connectivity index (χ4v) is 4.10. The van der Waals surface area contributed by atoms with Crippen LogP contribution in [0, 0.1) is 0 Å². The third kappa shape index (κ3) is 4.97. The van der Waals surface area contributed by atoms with Crippen molar-refractivity contribution in [3.05, 3.63) is 72.7 Å². The molecule has 1 fully saturated rings. The largest absolute Gasteiger partial charge is 0.382 e. The molecule has 8 nitrogen and oxygen atoms in total. The number of hydrogen-bond acceptors (Lipinski definition) is 7. The van der Waals surface area contributed by atoms with Crippen molar-refractivity contribution >= 4 is 22.7 Å². The van der Waals surface area contributed by atoms with Crippen molar-refractivity contribution < 1.29 is 4.74 Å². The zero-order valence-corrected chi connectivity index (χ0v) is 19.0. The van der Waals surface area contributed by atoms with Gasteiger partial charge in [-0.2, -0.15) is 4.98 Å². The number of morpholine rings is 1. The molecule has 4 aromatic rings. The van der Waals surface area contributed by atoms with Crippen molar-refractivity contribution in [1.82, 2.24) is 24.4 Å². The van der Waals surface area contributed by atoms with Crippen molar-refractivity contribution in [2.45, 2.75) is 19.1 Å². The zero-order valence-electron chi connectivity index (χ0n) is 19.0. The Morgan fingerprint density at radius 3 is 2.85 bits per heavy atom. The lowest BCUT2D eigenvalue weighted by Crippen LogP contribution is -2.43. The molecule has 5 rings (SSSR count). The van der Waals surface area contributed by atoms with Gasteiger partial charge in [-0.15, -0.1) is 0 Å². The summed E-state index contributed by atoms with van der Waals surface area (Å²) >= 11 is 0. The van der Waals surface area contributed by atoms with Gasteiger partial charge in [0.1, 0.15) is 12.1 Å². The molecule has 2 atom stereocenters. The summed E-state index contributed by atoms with van der Waals surface area (Å²) < 4.78 is 7.83. The first kappa shape index (κ1) is 21.4. The molecule has 2 N–H and O–H groups in total. The minimum absolute atomic E-state index is 0.0996. The summed E-state index contributed by atoms with van der Waals surface area (Å²) in [6.07, 6.45) is 3.77. The van der Waals surface area contributed by atoms with E-state index in [1.54, 1.807) is 12.5 Å². The van der Waals surface area contributed by atoms with Crippen LogP contribution in [0.25, 0.3) is 16.9 Å². The molecule has 1 aliphatic heterocycles. The standard InChI is InChI=1S/C25H29N7O/c1-18(19-6-4-3-5-7-19)29-25-26-11-10-24(30-25)32-17-28-22-14-20(8-9-23(22)32)27-15-21-16-31(2)12-13-33-21/h3-11,14,17-18,21,27H,12-13,15-16H2,1-2H3,(H,26,29,30)/t18-,21?/m0/s1. The number of fused-ring (bicyclic) bond motifs is 1. The maximum atomic E-state index is 5.84. The van der Waals surface area contributed by atoms with Gasteiger partial charge >= 0.3 is 0 Å². The lowest BCUT2D eigenvalue weighted by atomic mass is 10.1. The minimum Gasteiger partial charge on any atom is -0.382 e. The Labute approximate surface area is 193 Å². The van der Waals surface area contributed by atoms with Crippen molar-refractivity contribution in [1.29, 1.82) is 0 Å². The monoisotopic (exact) mass is 443 g/mol. The second kappa shape index (κ2) is 9.56. The predicted molar refractivity (Wildman–Crippen MR) is 131 cm³/mol. The van der Waals surface area contributed by atoms with Gasteiger partial charge in [0.25, 0.3) is 0 Å². The third-order valence-corrected chi connectivity index (χ3v) is 5.96. The van der Waals surface area contributed by atoms with E-state index in [0.717, 1.165) is 48.8 Å². The van der Waals surface area contributed by atoms with Crippen LogP contribution in [0.15, 0.2) is 67.1 Å². The van der Waals surface area contributed by atoms with Gasteiger partial charge in [0, 0.05) is 31.5 Å². The molecule has 1 saturated heterocycles.